The number of aromatic nitrogens is 3. The number of para-hydroxylation sites is 3. The molecule has 9 heteroatoms. The van der Waals surface area contributed by atoms with Gasteiger partial charge in [-0.25, -0.2) is 4.68 Å². The number of aromatic hydroxyl groups is 1. The van der Waals surface area contributed by atoms with Crippen molar-refractivity contribution in [3.63, 3.8) is 0 Å². The molecular formula is C27H25N5O4. The van der Waals surface area contributed by atoms with Crippen LogP contribution in [-0.2, 0) is 4.79 Å². The summed E-state index contributed by atoms with van der Waals surface area (Å²) in [4.78, 5) is 18.4. The Bertz CT molecular complexity index is 1460. The number of hydrogen-bond acceptors (Lipinski definition) is 7. The largest absolute Gasteiger partial charge is 0.508 e. The summed E-state index contributed by atoms with van der Waals surface area (Å²) in [6.07, 6.45) is 0. The first-order chi connectivity index (χ1) is 17.5. The summed E-state index contributed by atoms with van der Waals surface area (Å²) in [6.45, 7) is 1.83. The molecule has 4 aromatic rings. The van der Waals surface area contributed by atoms with Crippen molar-refractivity contribution in [3.05, 3.63) is 89.6 Å². The molecule has 0 saturated heterocycles. The average molecular weight is 484 g/mol. The van der Waals surface area contributed by atoms with Gasteiger partial charge in [-0.05, 0) is 49.4 Å². The van der Waals surface area contributed by atoms with Crippen LogP contribution in [0.2, 0.25) is 0 Å². The number of methoxy groups -OCH3 is 2. The molecule has 1 aliphatic rings. The van der Waals surface area contributed by atoms with Crippen molar-refractivity contribution >= 4 is 17.5 Å². The number of rotatable bonds is 6. The fourth-order valence-electron chi connectivity index (χ4n) is 4.30. The molecule has 0 aliphatic carbocycles. The molecular weight excluding hydrogens is 458 g/mol. The molecule has 1 aliphatic heterocycles. The molecule has 0 bridgehead atoms. The van der Waals surface area contributed by atoms with Crippen LogP contribution in [0, 0.1) is 0 Å². The van der Waals surface area contributed by atoms with Gasteiger partial charge in [-0.1, -0.05) is 30.3 Å². The maximum absolute atomic E-state index is 13.8. The Kier molecular flexibility index (Phi) is 6.03. The van der Waals surface area contributed by atoms with Gasteiger partial charge in [0.1, 0.15) is 23.3 Å². The van der Waals surface area contributed by atoms with Crippen LogP contribution in [0.3, 0.4) is 0 Å². The number of amides is 1. The number of allylic oxidation sites excluding steroid dienone is 1. The number of carbonyl (C=O) groups excluding carboxylic acids is 1. The van der Waals surface area contributed by atoms with Gasteiger partial charge in [0.05, 0.1) is 25.5 Å². The summed E-state index contributed by atoms with van der Waals surface area (Å²) < 4.78 is 12.8. The van der Waals surface area contributed by atoms with E-state index in [4.69, 9.17) is 14.6 Å². The van der Waals surface area contributed by atoms with E-state index in [0.29, 0.717) is 40.2 Å². The predicted octanol–water partition coefficient (Wildman–Crippen LogP) is 4.60. The molecule has 5 rings (SSSR count). The SMILES string of the molecule is COc1ccccc1NC(=O)C1=C(C)Nc2nc(-c3ccc(O)cc3)nn2C1c1ccccc1OC. The highest BCUT2D eigenvalue weighted by Gasteiger charge is 2.36. The summed E-state index contributed by atoms with van der Waals surface area (Å²) in [5, 5.41) is 20.6. The molecule has 0 saturated carbocycles. The van der Waals surface area contributed by atoms with Gasteiger partial charge in [-0.3, -0.25) is 4.79 Å². The first-order valence-electron chi connectivity index (χ1n) is 11.3. The molecule has 3 N–H and O–H groups in total. The van der Waals surface area contributed by atoms with Crippen molar-refractivity contribution < 1.29 is 19.4 Å². The zero-order valence-electron chi connectivity index (χ0n) is 20.0. The fraction of sp³-hybridized carbons (Fsp3) is 0.148. The summed E-state index contributed by atoms with van der Waals surface area (Å²) in [5.41, 5.74) is 3.14. The van der Waals surface area contributed by atoms with Crippen LogP contribution in [0.4, 0.5) is 11.6 Å². The Hall–Kier alpha value is -4.79. The van der Waals surface area contributed by atoms with Crippen LogP contribution in [0.15, 0.2) is 84.1 Å². The standard InChI is InChI=1S/C27H25N5O4/c1-16-23(26(34)29-20-9-5-7-11-22(20)36-3)24(19-8-4-6-10-21(19)35-2)32-27(28-16)30-25(31-32)17-12-14-18(33)15-13-17/h4-15,24,33H,1-3H3,(H,29,34)(H,28,30,31). The van der Waals surface area contributed by atoms with Crippen LogP contribution < -0.4 is 20.1 Å². The van der Waals surface area contributed by atoms with Gasteiger partial charge in [0.25, 0.3) is 5.91 Å². The average Bonchev–Trinajstić information content (AvgIpc) is 3.32. The fourth-order valence-corrected chi connectivity index (χ4v) is 4.30. The van der Waals surface area contributed by atoms with Crippen molar-refractivity contribution in [2.75, 3.05) is 24.9 Å². The summed E-state index contributed by atoms with van der Waals surface area (Å²) in [7, 11) is 3.15. The van der Waals surface area contributed by atoms with E-state index in [1.807, 2.05) is 43.3 Å². The Morgan fingerprint density at radius 1 is 0.972 bits per heavy atom. The Labute approximate surface area is 208 Å². The van der Waals surface area contributed by atoms with E-state index in [0.717, 1.165) is 11.1 Å². The van der Waals surface area contributed by atoms with Gasteiger partial charge >= 0.3 is 0 Å². The number of anilines is 2. The van der Waals surface area contributed by atoms with Crippen LogP contribution in [0.25, 0.3) is 11.4 Å². The van der Waals surface area contributed by atoms with E-state index in [-0.39, 0.29) is 11.7 Å². The number of hydrogen-bond donors (Lipinski definition) is 3. The zero-order valence-corrected chi connectivity index (χ0v) is 20.0. The zero-order chi connectivity index (χ0) is 25.2. The van der Waals surface area contributed by atoms with Gasteiger partial charge in [-0.2, -0.15) is 4.98 Å². The van der Waals surface area contributed by atoms with Crippen molar-refractivity contribution in [1.29, 1.82) is 0 Å². The Morgan fingerprint density at radius 3 is 2.36 bits per heavy atom. The molecule has 0 radical (unpaired) electrons. The summed E-state index contributed by atoms with van der Waals surface area (Å²) in [6, 6.07) is 20.8. The lowest BCUT2D eigenvalue weighted by molar-refractivity contribution is -0.113. The van der Waals surface area contributed by atoms with Crippen LogP contribution in [0.1, 0.15) is 18.5 Å². The number of nitrogens with zero attached hydrogens (tertiary/aromatic N) is 3. The first kappa shape index (κ1) is 23.0. The number of phenols is 1. The molecule has 1 atom stereocenters. The van der Waals surface area contributed by atoms with Gasteiger partial charge in [0.2, 0.25) is 5.95 Å². The van der Waals surface area contributed by atoms with Crippen LogP contribution in [-0.4, -0.2) is 40.0 Å². The third-order valence-corrected chi connectivity index (χ3v) is 6.01. The number of ether oxygens (including phenoxy) is 2. The number of benzene rings is 3. The first-order valence-corrected chi connectivity index (χ1v) is 11.3. The molecule has 9 nitrogen and oxygen atoms in total. The minimum Gasteiger partial charge on any atom is -0.508 e. The molecule has 1 aromatic heterocycles. The molecule has 36 heavy (non-hydrogen) atoms. The van der Waals surface area contributed by atoms with Crippen molar-refractivity contribution in [2.45, 2.75) is 13.0 Å². The van der Waals surface area contributed by atoms with Crippen molar-refractivity contribution in [3.8, 4) is 28.6 Å². The molecule has 1 amide bonds. The topological polar surface area (TPSA) is 111 Å². The number of fused-ring (bicyclic) bond motifs is 1. The molecule has 182 valence electrons. The van der Waals surface area contributed by atoms with E-state index in [2.05, 4.69) is 15.6 Å². The monoisotopic (exact) mass is 483 g/mol. The van der Waals surface area contributed by atoms with Gasteiger partial charge in [0.15, 0.2) is 5.82 Å². The molecule has 3 aromatic carbocycles. The molecule has 0 spiro atoms. The number of carbonyl (C=O) groups is 1. The van der Waals surface area contributed by atoms with Crippen LogP contribution in [0.5, 0.6) is 17.2 Å². The second-order valence-corrected chi connectivity index (χ2v) is 8.21. The quantitative estimate of drug-likeness (QED) is 0.368. The minimum absolute atomic E-state index is 0.153. The maximum Gasteiger partial charge on any atom is 0.255 e. The minimum atomic E-state index is -0.620. The van der Waals surface area contributed by atoms with Gasteiger partial charge in [0, 0.05) is 16.8 Å². The second kappa shape index (κ2) is 9.46. The van der Waals surface area contributed by atoms with E-state index < -0.39 is 6.04 Å². The summed E-state index contributed by atoms with van der Waals surface area (Å²) >= 11 is 0. The van der Waals surface area contributed by atoms with Gasteiger partial charge < -0.3 is 25.2 Å². The van der Waals surface area contributed by atoms with Crippen LogP contribution >= 0.6 is 0 Å². The normalized spacial score (nSPS) is 14.6. The Morgan fingerprint density at radius 2 is 1.64 bits per heavy atom. The smallest absolute Gasteiger partial charge is 0.255 e. The second-order valence-electron chi connectivity index (χ2n) is 8.21. The highest BCUT2D eigenvalue weighted by molar-refractivity contribution is 6.06. The van der Waals surface area contributed by atoms with E-state index in [9.17, 15) is 9.90 Å². The maximum atomic E-state index is 13.8. The van der Waals surface area contributed by atoms with E-state index >= 15 is 0 Å². The number of nitrogens with one attached hydrogen (secondary N) is 2. The van der Waals surface area contributed by atoms with E-state index in [1.54, 1.807) is 55.3 Å². The lowest BCUT2D eigenvalue weighted by Crippen LogP contribution is -2.31. The summed E-state index contributed by atoms with van der Waals surface area (Å²) in [5.74, 6) is 1.95. The molecule has 1 unspecified atom stereocenters. The van der Waals surface area contributed by atoms with Crippen molar-refractivity contribution in [2.24, 2.45) is 0 Å². The Balaban J connectivity index is 1.63. The lowest BCUT2D eigenvalue weighted by atomic mass is 9.94. The third-order valence-electron chi connectivity index (χ3n) is 6.01. The third kappa shape index (κ3) is 4.11. The van der Waals surface area contributed by atoms with E-state index in [1.165, 1.54) is 0 Å². The number of phenolic OH excluding ortho intramolecular Hbond substituents is 1. The lowest BCUT2D eigenvalue weighted by Gasteiger charge is -2.29. The highest BCUT2D eigenvalue weighted by Crippen LogP contribution is 2.40. The predicted molar refractivity (Wildman–Crippen MR) is 136 cm³/mol. The highest BCUT2D eigenvalue weighted by atomic mass is 16.5. The molecule has 0 fully saturated rings. The van der Waals surface area contributed by atoms with Crippen molar-refractivity contribution in [1.82, 2.24) is 14.8 Å². The van der Waals surface area contributed by atoms with Gasteiger partial charge in [-0.15, -0.1) is 5.10 Å². The molecule has 2 heterocycles.